The third-order valence-corrected chi connectivity index (χ3v) is 3.06. The van der Waals surface area contributed by atoms with Crippen LogP contribution in [0.1, 0.15) is 0 Å². The SMILES string of the molecule is O=CNS1=C2C=NC=C2C=C1. The maximum absolute atomic E-state index is 10.1. The zero-order valence-electron chi connectivity index (χ0n) is 5.65. The maximum atomic E-state index is 10.1. The predicted octanol–water partition coefficient (Wildman–Crippen LogP) is 0.584. The van der Waals surface area contributed by atoms with E-state index < -0.39 is 0 Å². The predicted molar refractivity (Wildman–Crippen MR) is 47.5 cm³/mol. The summed E-state index contributed by atoms with van der Waals surface area (Å²) in [6.07, 6.45) is 6.28. The van der Waals surface area contributed by atoms with E-state index in [1.54, 1.807) is 12.4 Å². The number of carbonyl (C=O) groups is 1. The Hall–Kier alpha value is -1.16. The zero-order chi connectivity index (χ0) is 7.68. The molecule has 0 aromatic carbocycles. The lowest BCUT2D eigenvalue weighted by molar-refractivity contribution is -0.107. The Bertz CT molecular complexity index is 325. The van der Waals surface area contributed by atoms with Crippen molar-refractivity contribution in [2.24, 2.45) is 4.99 Å². The second-order valence-corrected chi connectivity index (χ2v) is 3.73. The molecule has 0 fully saturated rings. The van der Waals surface area contributed by atoms with Gasteiger partial charge in [-0.3, -0.25) is 9.79 Å². The lowest BCUT2D eigenvalue weighted by Crippen LogP contribution is -2.05. The molecule has 2 aliphatic rings. The highest BCUT2D eigenvalue weighted by Gasteiger charge is 2.13. The second kappa shape index (κ2) is 2.47. The van der Waals surface area contributed by atoms with Crippen LogP contribution in [0.15, 0.2) is 28.2 Å². The van der Waals surface area contributed by atoms with Crippen molar-refractivity contribution in [1.29, 1.82) is 0 Å². The number of allylic oxidation sites excluding steroid dienone is 2. The molecule has 2 aliphatic heterocycles. The summed E-state index contributed by atoms with van der Waals surface area (Å²) in [4.78, 5) is 15.2. The highest BCUT2D eigenvalue weighted by atomic mass is 32.2. The molecule has 0 aliphatic carbocycles. The number of carbonyl (C=O) groups excluding carboxylic acids is 1. The van der Waals surface area contributed by atoms with Crippen molar-refractivity contribution in [2.75, 3.05) is 0 Å². The Morgan fingerprint density at radius 2 is 2.55 bits per heavy atom. The largest absolute Gasteiger partial charge is 0.305 e. The summed E-state index contributed by atoms with van der Waals surface area (Å²) >= 11 is 0. The van der Waals surface area contributed by atoms with Gasteiger partial charge in [-0.15, -0.1) is 0 Å². The molecule has 1 amide bonds. The van der Waals surface area contributed by atoms with Crippen LogP contribution in [0.25, 0.3) is 0 Å². The van der Waals surface area contributed by atoms with E-state index in [0.717, 1.165) is 16.8 Å². The minimum Gasteiger partial charge on any atom is -0.305 e. The van der Waals surface area contributed by atoms with E-state index in [-0.39, 0.29) is 10.7 Å². The lowest BCUT2D eigenvalue weighted by Gasteiger charge is -1.98. The molecule has 0 bridgehead atoms. The van der Waals surface area contributed by atoms with Crippen LogP contribution in [0, 0.1) is 0 Å². The van der Waals surface area contributed by atoms with Gasteiger partial charge in [-0.05, 0) is 11.5 Å². The fourth-order valence-corrected chi connectivity index (χ4v) is 2.29. The molecule has 0 radical (unpaired) electrons. The molecule has 3 nitrogen and oxygen atoms in total. The Labute approximate surface area is 66.6 Å². The van der Waals surface area contributed by atoms with Gasteiger partial charge in [-0.25, -0.2) is 0 Å². The second-order valence-electron chi connectivity index (χ2n) is 2.10. The molecule has 1 unspecified atom stereocenters. The van der Waals surface area contributed by atoms with Crippen LogP contribution >= 0.6 is 10.7 Å². The lowest BCUT2D eigenvalue weighted by atomic mass is 10.2. The molecule has 0 spiro atoms. The quantitative estimate of drug-likeness (QED) is 0.473. The molecule has 1 N–H and O–H groups in total. The molecule has 0 saturated heterocycles. The molecule has 11 heavy (non-hydrogen) atoms. The topological polar surface area (TPSA) is 41.5 Å². The molecular weight excluding hydrogens is 160 g/mol. The highest BCUT2D eigenvalue weighted by molar-refractivity contribution is 8.18. The number of aliphatic imine (C=N–C) groups is 1. The first-order chi connectivity index (χ1) is 5.42. The van der Waals surface area contributed by atoms with Crippen LogP contribution in [0.2, 0.25) is 0 Å². The molecule has 2 heterocycles. The van der Waals surface area contributed by atoms with Crippen molar-refractivity contribution in [3.8, 4) is 0 Å². The van der Waals surface area contributed by atoms with E-state index >= 15 is 0 Å². The molecule has 0 saturated carbocycles. The van der Waals surface area contributed by atoms with Gasteiger partial charge in [0, 0.05) is 22.9 Å². The molecule has 1 atom stereocenters. The molecule has 0 aromatic rings. The van der Waals surface area contributed by atoms with Gasteiger partial charge in [0.1, 0.15) is 0 Å². The number of fused-ring (bicyclic) bond motifs is 1. The highest BCUT2D eigenvalue weighted by Crippen LogP contribution is 2.26. The van der Waals surface area contributed by atoms with E-state index in [2.05, 4.69) is 9.71 Å². The summed E-state index contributed by atoms with van der Waals surface area (Å²) in [6.45, 7) is 0. The van der Waals surface area contributed by atoms with E-state index in [9.17, 15) is 4.79 Å². The van der Waals surface area contributed by atoms with Gasteiger partial charge < -0.3 is 4.72 Å². The van der Waals surface area contributed by atoms with Gasteiger partial charge >= 0.3 is 0 Å². The van der Waals surface area contributed by atoms with Gasteiger partial charge in [0.15, 0.2) is 0 Å². The Balaban J connectivity index is 2.38. The summed E-state index contributed by atoms with van der Waals surface area (Å²) in [5.41, 5.74) is 1.11. The normalized spacial score (nSPS) is 25.3. The minimum atomic E-state index is -0.232. The number of nitrogens with one attached hydrogen (secondary N) is 1. The Kier molecular flexibility index (Phi) is 1.47. The number of amides is 1. The van der Waals surface area contributed by atoms with E-state index in [1.165, 1.54) is 0 Å². The minimum absolute atomic E-state index is 0.232. The number of hydrogen-bond acceptors (Lipinski definition) is 2. The first kappa shape index (κ1) is 6.54. The van der Waals surface area contributed by atoms with Crippen LogP contribution < -0.4 is 4.72 Å². The number of rotatable bonds is 2. The van der Waals surface area contributed by atoms with Crippen molar-refractivity contribution in [3.63, 3.8) is 0 Å². The fourth-order valence-electron chi connectivity index (χ4n) is 1.00. The third-order valence-electron chi connectivity index (χ3n) is 1.49. The monoisotopic (exact) mass is 166 g/mol. The first-order valence-electron chi connectivity index (χ1n) is 3.13. The fraction of sp³-hybridized carbons (Fsp3) is 0. The maximum Gasteiger partial charge on any atom is 0.216 e. The number of nitrogens with zero attached hydrogens (tertiary/aromatic N) is 1. The first-order valence-corrected chi connectivity index (χ1v) is 4.42. The summed E-state index contributed by atoms with van der Waals surface area (Å²) < 4.78 is 2.71. The van der Waals surface area contributed by atoms with Gasteiger partial charge in [0.05, 0.1) is 0 Å². The van der Waals surface area contributed by atoms with Crippen LogP contribution in [0.5, 0.6) is 0 Å². The van der Waals surface area contributed by atoms with Crippen LogP contribution in [0.4, 0.5) is 0 Å². The number of hydrogen-bond donors (Lipinski definition) is 1. The third kappa shape index (κ3) is 0.952. The Morgan fingerprint density at radius 1 is 1.64 bits per heavy atom. The van der Waals surface area contributed by atoms with Crippen LogP contribution in [-0.2, 0) is 4.79 Å². The summed E-state index contributed by atoms with van der Waals surface area (Å²) in [6, 6.07) is 0. The van der Waals surface area contributed by atoms with Gasteiger partial charge in [0.2, 0.25) is 6.41 Å². The van der Waals surface area contributed by atoms with Crippen molar-refractivity contribution in [2.45, 2.75) is 0 Å². The molecule has 2 rings (SSSR count). The zero-order valence-corrected chi connectivity index (χ0v) is 6.47. The van der Waals surface area contributed by atoms with Gasteiger partial charge in [0.25, 0.3) is 0 Å². The molecular formula is C7H6N2OS. The average molecular weight is 166 g/mol. The van der Waals surface area contributed by atoms with Crippen LogP contribution in [-0.4, -0.2) is 17.5 Å². The Morgan fingerprint density at radius 3 is 3.36 bits per heavy atom. The van der Waals surface area contributed by atoms with Crippen LogP contribution in [0.3, 0.4) is 0 Å². The van der Waals surface area contributed by atoms with E-state index in [0.29, 0.717) is 0 Å². The summed E-state index contributed by atoms with van der Waals surface area (Å²) in [5.74, 6) is 0. The summed E-state index contributed by atoms with van der Waals surface area (Å²) in [7, 11) is -0.232. The molecule has 0 aromatic heterocycles. The van der Waals surface area contributed by atoms with Crippen molar-refractivity contribution < 1.29 is 4.79 Å². The smallest absolute Gasteiger partial charge is 0.216 e. The van der Waals surface area contributed by atoms with Gasteiger partial charge in [-0.2, -0.15) is 0 Å². The van der Waals surface area contributed by atoms with Crippen molar-refractivity contribution in [1.82, 2.24) is 4.72 Å². The van der Waals surface area contributed by atoms with Crippen molar-refractivity contribution in [3.05, 3.63) is 23.3 Å². The van der Waals surface area contributed by atoms with Gasteiger partial charge in [-0.1, -0.05) is 10.7 Å². The van der Waals surface area contributed by atoms with Crippen molar-refractivity contribution >= 4 is 28.2 Å². The molecule has 4 heteroatoms. The van der Waals surface area contributed by atoms with E-state index in [1.807, 2.05) is 11.5 Å². The standard InChI is InChI=1S/C7H6N2OS/c10-5-9-11-2-1-6-3-8-4-7(6)11/h1-5H,(H,9,10). The average Bonchev–Trinajstić information content (AvgIpc) is 2.53. The summed E-state index contributed by atoms with van der Waals surface area (Å²) in [5, 5.41) is 1.97. The molecule has 56 valence electrons. The van der Waals surface area contributed by atoms with E-state index in [4.69, 9.17) is 0 Å².